The van der Waals surface area contributed by atoms with Crippen molar-refractivity contribution in [1.82, 2.24) is 5.12 Å². The van der Waals surface area contributed by atoms with E-state index in [9.17, 15) is 0 Å². The van der Waals surface area contributed by atoms with E-state index in [0.717, 1.165) is 10.7 Å². The van der Waals surface area contributed by atoms with E-state index in [1.54, 1.807) is 6.92 Å². The molecule has 0 saturated heterocycles. The van der Waals surface area contributed by atoms with Crippen molar-refractivity contribution in [3.8, 4) is 0 Å². The third kappa shape index (κ3) is 2.56. The molecule has 0 aromatic heterocycles. The molecule has 0 amide bonds. The molecule has 1 aromatic carbocycles. The highest BCUT2D eigenvalue weighted by molar-refractivity contribution is 5.19. The van der Waals surface area contributed by atoms with Crippen LogP contribution < -0.4 is 28.9 Å². The van der Waals surface area contributed by atoms with Crippen molar-refractivity contribution < 1.29 is 0 Å². The van der Waals surface area contributed by atoms with E-state index >= 15 is 0 Å². The summed E-state index contributed by atoms with van der Waals surface area (Å²) >= 11 is 0. The zero-order valence-corrected chi connectivity index (χ0v) is 9.43. The van der Waals surface area contributed by atoms with Crippen molar-refractivity contribution in [2.75, 3.05) is 0 Å². The molecule has 0 aliphatic carbocycles. The molecule has 0 fully saturated rings. The Morgan fingerprint density at radius 3 is 2.00 bits per heavy atom. The molecule has 6 heteroatoms. The Morgan fingerprint density at radius 1 is 1.06 bits per heavy atom. The zero-order valence-electron chi connectivity index (χ0n) is 9.43. The van der Waals surface area contributed by atoms with Gasteiger partial charge < -0.3 is 17.2 Å². The Balaban J connectivity index is 2.87. The van der Waals surface area contributed by atoms with Crippen LogP contribution in [0.4, 0.5) is 0 Å². The summed E-state index contributed by atoms with van der Waals surface area (Å²) in [6.07, 6.45) is 0.381. The summed E-state index contributed by atoms with van der Waals surface area (Å²) in [5, 5.41) is 0.843. The molecule has 1 rings (SSSR count). The van der Waals surface area contributed by atoms with Gasteiger partial charge in [-0.1, -0.05) is 30.3 Å². The molecule has 0 radical (unpaired) electrons. The van der Waals surface area contributed by atoms with E-state index in [0.29, 0.717) is 6.42 Å². The summed E-state index contributed by atoms with van der Waals surface area (Å²) in [6, 6.07) is 9.56. The lowest BCUT2D eigenvalue weighted by Gasteiger charge is -2.44. The van der Waals surface area contributed by atoms with Crippen LogP contribution in [0.1, 0.15) is 12.5 Å². The number of hydrazine groups is 2. The second-order valence-corrected chi connectivity index (χ2v) is 4.26. The predicted molar refractivity (Wildman–Crippen MR) is 64.1 cm³/mol. The minimum atomic E-state index is -1.22. The number of hydrogen-bond donors (Lipinski definition) is 5. The molecule has 1 unspecified atom stereocenters. The van der Waals surface area contributed by atoms with Crippen LogP contribution in [0.2, 0.25) is 0 Å². The standard InChI is InChI=1S/C10H20N6/c1-9(11,16(14)15)10(12,13)7-8-5-3-2-4-6-8/h2-6H,7,11-15H2,1H3. The Labute approximate surface area is 95.3 Å². The molecule has 1 atom stereocenters. The fraction of sp³-hybridized carbons (Fsp3) is 0.400. The van der Waals surface area contributed by atoms with E-state index < -0.39 is 11.3 Å². The molecule has 0 aliphatic rings. The molecule has 10 N–H and O–H groups in total. The van der Waals surface area contributed by atoms with Crippen LogP contribution in [0, 0.1) is 0 Å². The fourth-order valence-corrected chi connectivity index (χ4v) is 1.35. The van der Waals surface area contributed by atoms with Crippen molar-refractivity contribution in [2.24, 2.45) is 28.9 Å². The molecule has 0 aliphatic heterocycles. The molecule has 0 saturated carbocycles. The third-order valence-electron chi connectivity index (χ3n) is 2.82. The summed E-state index contributed by atoms with van der Waals surface area (Å²) in [7, 11) is 0. The minimum Gasteiger partial charge on any atom is -0.310 e. The van der Waals surface area contributed by atoms with Gasteiger partial charge in [-0.25, -0.2) is 0 Å². The maximum atomic E-state index is 5.98. The molecule has 1 aromatic rings. The van der Waals surface area contributed by atoms with Gasteiger partial charge in [-0.2, -0.15) is 5.12 Å². The van der Waals surface area contributed by atoms with Crippen LogP contribution in [0.25, 0.3) is 0 Å². The quantitative estimate of drug-likeness (QED) is 0.242. The first-order chi connectivity index (χ1) is 7.27. The number of nitrogens with two attached hydrogens (primary N) is 5. The molecule has 0 bridgehead atoms. The number of benzene rings is 1. The van der Waals surface area contributed by atoms with Gasteiger partial charge in [-0.15, -0.1) is 0 Å². The minimum absolute atomic E-state index is 0.381. The normalized spacial score (nSPS) is 16.2. The van der Waals surface area contributed by atoms with Crippen LogP contribution >= 0.6 is 0 Å². The summed E-state index contributed by atoms with van der Waals surface area (Å²) in [4.78, 5) is 0. The Hall–Kier alpha value is -1.02. The lowest BCUT2D eigenvalue weighted by atomic mass is 9.90. The highest BCUT2D eigenvalue weighted by atomic mass is 15.7. The molecule has 90 valence electrons. The zero-order chi connectivity index (χ0) is 12.4. The summed E-state index contributed by atoms with van der Waals surface area (Å²) in [5.74, 6) is 10.9. The van der Waals surface area contributed by atoms with Crippen LogP contribution in [-0.4, -0.2) is 16.4 Å². The smallest absolute Gasteiger partial charge is 0.126 e. The average Bonchev–Trinajstić information content (AvgIpc) is 2.18. The third-order valence-corrected chi connectivity index (χ3v) is 2.82. The fourth-order valence-electron chi connectivity index (χ4n) is 1.35. The van der Waals surface area contributed by atoms with Gasteiger partial charge in [-0.05, 0) is 12.5 Å². The Morgan fingerprint density at radius 2 is 1.56 bits per heavy atom. The SMILES string of the molecule is CC(N)(N(N)N)C(N)(N)Cc1ccccc1. The summed E-state index contributed by atoms with van der Waals surface area (Å²) in [6.45, 7) is 1.59. The van der Waals surface area contributed by atoms with E-state index in [2.05, 4.69) is 0 Å². The van der Waals surface area contributed by atoms with Crippen molar-refractivity contribution in [1.29, 1.82) is 0 Å². The second kappa shape index (κ2) is 4.46. The van der Waals surface area contributed by atoms with Crippen LogP contribution in [0.3, 0.4) is 0 Å². The lowest BCUT2D eigenvalue weighted by molar-refractivity contribution is 0.0324. The topological polar surface area (TPSA) is 133 Å². The predicted octanol–water partition coefficient (Wildman–Crippen LogP) is -1.43. The average molecular weight is 224 g/mol. The van der Waals surface area contributed by atoms with Gasteiger partial charge in [0.05, 0.1) is 0 Å². The van der Waals surface area contributed by atoms with Crippen molar-refractivity contribution >= 4 is 0 Å². The maximum absolute atomic E-state index is 5.98. The largest absolute Gasteiger partial charge is 0.310 e. The highest BCUT2D eigenvalue weighted by Crippen LogP contribution is 2.17. The van der Waals surface area contributed by atoms with E-state index in [4.69, 9.17) is 28.9 Å². The maximum Gasteiger partial charge on any atom is 0.126 e. The summed E-state index contributed by atoms with van der Waals surface area (Å²) < 4.78 is 0. The Kier molecular flexibility index (Phi) is 3.64. The van der Waals surface area contributed by atoms with E-state index in [1.165, 1.54) is 0 Å². The molecular weight excluding hydrogens is 204 g/mol. The molecule has 0 spiro atoms. The first-order valence-corrected chi connectivity index (χ1v) is 4.97. The monoisotopic (exact) mass is 224 g/mol. The van der Waals surface area contributed by atoms with Gasteiger partial charge >= 0.3 is 0 Å². The van der Waals surface area contributed by atoms with Gasteiger partial charge in [0.25, 0.3) is 0 Å². The lowest BCUT2D eigenvalue weighted by Crippen LogP contribution is -2.80. The van der Waals surface area contributed by atoms with Crippen LogP contribution in [-0.2, 0) is 6.42 Å². The van der Waals surface area contributed by atoms with E-state index in [-0.39, 0.29) is 0 Å². The highest BCUT2D eigenvalue weighted by Gasteiger charge is 2.42. The van der Waals surface area contributed by atoms with Crippen molar-refractivity contribution in [3.63, 3.8) is 0 Å². The molecular formula is C10H20N6. The van der Waals surface area contributed by atoms with Crippen molar-refractivity contribution in [3.05, 3.63) is 35.9 Å². The van der Waals surface area contributed by atoms with Gasteiger partial charge in [0.1, 0.15) is 11.3 Å². The number of rotatable bonds is 4. The molecule has 16 heavy (non-hydrogen) atoms. The number of hydrogen-bond acceptors (Lipinski definition) is 6. The summed E-state index contributed by atoms with van der Waals surface area (Å²) in [5.41, 5.74) is 16.4. The van der Waals surface area contributed by atoms with E-state index in [1.807, 2.05) is 30.3 Å². The van der Waals surface area contributed by atoms with Gasteiger partial charge in [-0.3, -0.25) is 11.7 Å². The van der Waals surface area contributed by atoms with Gasteiger partial charge in [0.15, 0.2) is 0 Å². The molecule has 6 nitrogen and oxygen atoms in total. The number of nitrogens with zero attached hydrogens (tertiary/aromatic N) is 1. The van der Waals surface area contributed by atoms with Gasteiger partial charge in [0, 0.05) is 6.42 Å². The van der Waals surface area contributed by atoms with Crippen LogP contribution in [0.5, 0.6) is 0 Å². The molecule has 0 heterocycles. The Bertz CT molecular complexity index is 332. The second-order valence-electron chi connectivity index (χ2n) is 4.26. The van der Waals surface area contributed by atoms with Crippen LogP contribution in [0.15, 0.2) is 30.3 Å². The van der Waals surface area contributed by atoms with Gasteiger partial charge in [0.2, 0.25) is 0 Å². The first-order valence-electron chi connectivity index (χ1n) is 4.97. The first kappa shape index (κ1) is 13.0. The van der Waals surface area contributed by atoms with Crippen molar-refractivity contribution in [2.45, 2.75) is 24.7 Å².